The molecule has 1 aromatic rings. The average Bonchev–Trinajstić information content (AvgIpc) is 2.34. The largest absolute Gasteiger partial charge is 0.504 e. The lowest BCUT2D eigenvalue weighted by Crippen LogP contribution is -2.36. The Morgan fingerprint density at radius 2 is 2.17 bits per heavy atom. The number of amides is 1. The van der Waals surface area contributed by atoms with Crippen LogP contribution in [0.3, 0.4) is 0 Å². The van der Waals surface area contributed by atoms with Crippen molar-refractivity contribution in [2.75, 3.05) is 7.05 Å². The molecule has 18 heavy (non-hydrogen) atoms. The topological polar surface area (TPSA) is 86.9 Å². The number of hydrogen-bond donors (Lipinski definition) is 1. The van der Waals surface area contributed by atoms with Crippen molar-refractivity contribution >= 4 is 24.1 Å². The van der Waals surface area contributed by atoms with Crippen LogP contribution in [0.4, 0.5) is 0 Å². The van der Waals surface area contributed by atoms with Crippen molar-refractivity contribution in [2.24, 2.45) is 0 Å². The van der Waals surface area contributed by atoms with Gasteiger partial charge in [0, 0.05) is 17.5 Å². The molecule has 2 rings (SSSR count). The average molecular weight is 267 g/mol. The number of fused-ring (bicyclic) bond motifs is 1. The van der Waals surface area contributed by atoms with E-state index >= 15 is 0 Å². The summed E-state index contributed by atoms with van der Waals surface area (Å²) in [6.07, 6.45) is 0.0521. The number of aliphatic hydroxyl groups excluding tert-OH is 1. The zero-order valence-electron chi connectivity index (χ0n) is 9.31. The molecule has 94 valence electrons. The van der Waals surface area contributed by atoms with Crippen molar-refractivity contribution in [3.63, 3.8) is 0 Å². The highest BCUT2D eigenvalue weighted by molar-refractivity contribution is 7.97. The third-order valence-electron chi connectivity index (χ3n) is 2.38. The van der Waals surface area contributed by atoms with Gasteiger partial charge in [0.1, 0.15) is 0 Å². The fourth-order valence-electron chi connectivity index (χ4n) is 1.62. The van der Waals surface area contributed by atoms with Gasteiger partial charge < -0.3 is 5.11 Å². The van der Waals surface area contributed by atoms with Crippen molar-refractivity contribution in [1.29, 1.82) is 0 Å². The summed E-state index contributed by atoms with van der Waals surface area (Å²) in [5.41, 5.74) is 0.462. The van der Waals surface area contributed by atoms with Gasteiger partial charge in [-0.2, -0.15) is 0 Å². The number of aliphatic hydroxyl groups is 1. The van der Waals surface area contributed by atoms with E-state index in [4.69, 9.17) is 0 Å². The molecule has 0 radical (unpaired) electrons. The first-order valence-electron chi connectivity index (χ1n) is 4.89. The van der Waals surface area contributed by atoms with Crippen LogP contribution in [0.1, 0.15) is 5.56 Å². The predicted octanol–water partition coefficient (Wildman–Crippen LogP) is 1.47. The van der Waals surface area contributed by atoms with Gasteiger partial charge in [-0.1, -0.05) is 12.1 Å². The Morgan fingerprint density at radius 1 is 1.50 bits per heavy atom. The predicted molar refractivity (Wildman–Crippen MR) is 64.5 cm³/mol. The van der Waals surface area contributed by atoms with Crippen molar-refractivity contribution in [2.45, 2.75) is 4.90 Å². The summed E-state index contributed by atoms with van der Waals surface area (Å²) in [4.78, 5) is 22.3. The van der Waals surface area contributed by atoms with Crippen LogP contribution >= 0.6 is 11.9 Å². The lowest BCUT2D eigenvalue weighted by atomic mass is 10.2. The maximum Gasteiger partial charge on any atom is 0.279 e. The lowest BCUT2D eigenvalue weighted by Gasteiger charge is -2.28. The second kappa shape index (κ2) is 4.57. The molecule has 1 amide bonds. The van der Waals surface area contributed by atoms with Gasteiger partial charge in [-0.25, -0.2) is 10.1 Å². The molecule has 1 heterocycles. The molecule has 0 aliphatic carbocycles. The van der Waals surface area contributed by atoms with Crippen LogP contribution in [-0.2, 0) is 4.79 Å². The summed E-state index contributed by atoms with van der Waals surface area (Å²) in [5, 5.41) is 20.2. The summed E-state index contributed by atoms with van der Waals surface area (Å²) in [6.45, 7) is 0. The second-order valence-electron chi connectivity index (χ2n) is 3.44. The summed E-state index contributed by atoms with van der Waals surface area (Å²) < 4.78 is 1.37. The molecule has 0 aromatic heterocycles. The standard InChI is InChI=1S/C10H9N3O4S/c1-11-10(12(6-14)13(16)17)9(15)7-4-2-3-5-8(7)18-11/h2-6,15H,1H3. The van der Waals surface area contributed by atoms with Gasteiger partial charge >= 0.3 is 0 Å². The maximum absolute atomic E-state index is 10.8. The van der Waals surface area contributed by atoms with Gasteiger partial charge in [0.2, 0.25) is 5.82 Å². The minimum atomic E-state index is -0.885. The molecule has 0 spiro atoms. The molecule has 1 N–H and O–H groups in total. The molecule has 0 fully saturated rings. The smallest absolute Gasteiger partial charge is 0.279 e. The van der Waals surface area contributed by atoms with Crippen molar-refractivity contribution in [3.8, 4) is 0 Å². The first-order valence-corrected chi connectivity index (χ1v) is 5.66. The first kappa shape index (κ1) is 12.2. The van der Waals surface area contributed by atoms with Crippen molar-refractivity contribution in [3.05, 3.63) is 45.8 Å². The lowest BCUT2D eigenvalue weighted by molar-refractivity contribution is -0.622. The van der Waals surface area contributed by atoms with E-state index in [-0.39, 0.29) is 23.0 Å². The number of nitro groups is 1. The quantitative estimate of drug-likeness (QED) is 0.386. The second-order valence-corrected chi connectivity index (χ2v) is 4.62. The van der Waals surface area contributed by atoms with Crippen LogP contribution in [0, 0.1) is 10.1 Å². The zero-order valence-corrected chi connectivity index (χ0v) is 10.1. The summed E-state index contributed by atoms with van der Waals surface area (Å²) >= 11 is 1.20. The van der Waals surface area contributed by atoms with Crippen LogP contribution in [0.25, 0.3) is 5.76 Å². The highest BCUT2D eigenvalue weighted by Crippen LogP contribution is 2.39. The molecule has 1 aliphatic heterocycles. The number of hydrogen-bond acceptors (Lipinski definition) is 6. The molecule has 0 unspecified atom stereocenters. The Balaban J connectivity index is 2.58. The van der Waals surface area contributed by atoms with E-state index in [0.29, 0.717) is 5.56 Å². The third-order valence-corrected chi connectivity index (χ3v) is 3.38. The monoisotopic (exact) mass is 267 g/mol. The summed E-state index contributed by atoms with van der Waals surface area (Å²) in [7, 11) is 1.53. The Kier molecular flexibility index (Phi) is 3.11. The van der Waals surface area contributed by atoms with E-state index in [1.54, 1.807) is 24.3 Å². The molecule has 0 saturated carbocycles. The number of carbonyl (C=O) groups is 1. The molecule has 0 atom stereocenters. The van der Waals surface area contributed by atoms with Crippen LogP contribution in [0.2, 0.25) is 0 Å². The number of rotatable bonds is 3. The molecule has 1 aliphatic rings. The summed E-state index contributed by atoms with van der Waals surface area (Å²) in [5.74, 6) is -0.464. The number of benzene rings is 1. The third kappa shape index (κ3) is 1.86. The maximum atomic E-state index is 10.8. The Hall–Kier alpha value is -2.22. The van der Waals surface area contributed by atoms with E-state index in [2.05, 4.69) is 0 Å². The Morgan fingerprint density at radius 3 is 2.78 bits per heavy atom. The molecule has 0 saturated heterocycles. The van der Waals surface area contributed by atoms with Gasteiger partial charge in [-0.15, -0.1) is 0 Å². The summed E-state index contributed by atoms with van der Waals surface area (Å²) in [6, 6.07) is 6.91. The van der Waals surface area contributed by atoms with Gasteiger partial charge in [0.25, 0.3) is 6.41 Å². The van der Waals surface area contributed by atoms with E-state index in [9.17, 15) is 20.0 Å². The fourth-order valence-corrected chi connectivity index (χ4v) is 2.57. The van der Waals surface area contributed by atoms with E-state index in [1.807, 2.05) is 0 Å². The molecule has 7 nitrogen and oxygen atoms in total. The van der Waals surface area contributed by atoms with Crippen LogP contribution < -0.4 is 0 Å². The fraction of sp³-hybridized carbons (Fsp3) is 0.100. The van der Waals surface area contributed by atoms with Crippen LogP contribution in [0.5, 0.6) is 0 Å². The van der Waals surface area contributed by atoms with Crippen molar-refractivity contribution < 1.29 is 14.9 Å². The minimum Gasteiger partial charge on any atom is -0.504 e. The highest BCUT2D eigenvalue weighted by atomic mass is 32.2. The SMILES string of the molecule is CN1Sc2ccccc2C(O)=C1N(C=O)[N+](=O)[O-]. The Bertz CT molecular complexity index is 546. The highest BCUT2D eigenvalue weighted by Gasteiger charge is 2.33. The van der Waals surface area contributed by atoms with Gasteiger partial charge in [-0.3, -0.25) is 9.10 Å². The van der Waals surface area contributed by atoms with Gasteiger partial charge in [0.15, 0.2) is 10.8 Å². The van der Waals surface area contributed by atoms with Gasteiger partial charge in [0.05, 0.1) is 0 Å². The van der Waals surface area contributed by atoms with Crippen LogP contribution in [0.15, 0.2) is 35.0 Å². The molecular weight excluding hydrogens is 258 g/mol. The molecule has 8 heteroatoms. The van der Waals surface area contributed by atoms with Crippen molar-refractivity contribution in [1.82, 2.24) is 9.31 Å². The molecule has 1 aromatic carbocycles. The molecule has 0 bridgehead atoms. The normalized spacial score (nSPS) is 14.2. The zero-order chi connectivity index (χ0) is 13.3. The minimum absolute atomic E-state index is 0.0521. The Labute approximate surface area is 107 Å². The van der Waals surface area contributed by atoms with Crippen LogP contribution in [-0.4, -0.2) is 32.9 Å². The van der Waals surface area contributed by atoms with E-state index in [1.165, 1.54) is 23.3 Å². The number of hydrazine groups is 1. The van der Waals surface area contributed by atoms with Gasteiger partial charge in [-0.05, 0) is 29.1 Å². The number of carbonyl (C=O) groups excluding carboxylic acids is 1. The van der Waals surface area contributed by atoms with E-state index < -0.39 is 5.03 Å². The van der Waals surface area contributed by atoms with E-state index in [0.717, 1.165) is 4.90 Å². The first-order chi connectivity index (χ1) is 8.56. The number of nitrogens with zero attached hydrogens (tertiary/aromatic N) is 3. The molecular formula is C10H9N3O4S.